The van der Waals surface area contributed by atoms with Crippen molar-refractivity contribution in [2.75, 3.05) is 12.4 Å². The summed E-state index contributed by atoms with van der Waals surface area (Å²) in [6.45, 7) is 8.34. The van der Waals surface area contributed by atoms with Crippen molar-refractivity contribution in [1.82, 2.24) is 24.7 Å². The maximum atomic E-state index is 12.0. The SMILES string of the molecule is COC(=O)c1sc2nc(C)nc(NCc3nncn3C(C)C)c2c1C. The van der Waals surface area contributed by atoms with Crippen LogP contribution in [0.15, 0.2) is 6.33 Å². The lowest BCUT2D eigenvalue weighted by molar-refractivity contribution is 0.0605. The van der Waals surface area contributed by atoms with Gasteiger partial charge in [0, 0.05) is 6.04 Å². The van der Waals surface area contributed by atoms with Gasteiger partial charge in [-0.15, -0.1) is 21.5 Å². The third-order valence-electron chi connectivity index (χ3n) is 3.89. The fourth-order valence-electron chi connectivity index (χ4n) is 2.65. The number of carbonyl (C=O) groups excluding carboxylic acids is 1. The van der Waals surface area contributed by atoms with Crippen molar-refractivity contribution in [1.29, 1.82) is 0 Å². The first-order chi connectivity index (χ1) is 11.9. The van der Waals surface area contributed by atoms with Crippen molar-refractivity contribution >= 4 is 33.3 Å². The number of rotatable bonds is 5. The summed E-state index contributed by atoms with van der Waals surface area (Å²) in [5, 5.41) is 12.3. The van der Waals surface area contributed by atoms with Gasteiger partial charge in [0.05, 0.1) is 19.0 Å². The molecule has 0 amide bonds. The topological polar surface area (TPSA) is 94.8 Å². The number of esters is 1. The Bertz CT molecular complexity index is 930. The Hall–Kier alpha value is -2.55. The number of aromatic nitrogens is 5. The van der Waals surface area contributed by atoms with E-state index in [0.29, 0.717) is 23.1 Å². The first-order valence-electron chi connectivity index (χ1n) is 7.90. The van der Waals surface area contributed by atoms with E-state index in [1.54, 1.807) is 6.33 Å². The van der Waals surface area contributed by atoms with Gasteiger partial charge in [0.15, 0.2) is 5.82 Å². The highest BCUT2D eigenvalue weighted by molar-refractivity contribution is 7.20. The minimum atomic E-state index is -0.358. The molecule has 3 rings (SSSR count). The number of nitrogens with one attached hydrogen (secondary N) is 1. The van der Waals surface area contributed by atoms with Gasteiger partial charge in [-0.25, -0.2) is 14.8 Å². The third-order valence-corrected chi connectivity index (χ3v) is 5.06. The van der Waals surface area contributed by atoms with Crippen molar-refractivity contribution in [2.45, 2.75) is 40.3 Å². The molecule has 0 atom stereocenters. The lowest BCUT2D eigenvalue weighted by Crippen LogP contribution is -2.11. The number of anilines is 1. The molecule has 25 heavy (non-hydrogen) atoms. The molecular formula is C16H20N6O2S. The Kier molecular flexibility index (Phi) is 4.67. The maximum Gasteiger partial charge on any atom is 0.348 e. The number of nitrogens with zero attached hydrogens (tertiary/aromatic N) is 5. The van der Waals surface area contributed by atoms with Crippen molar-refractivity contribution < 1.29 is 9.53 Å². The first-order valence-corrected chi connectivity index (χ1v) is 8.72. The number of hydrogen-bond donors (Lipinski definition) is 1. The molecule has 0 bridgehead atoms. The van der Waals surface area contributed by atoms with Gasteiger partial charge in [0.1, 0.15) is 27.7 Å². The van der Waals surface area contributed by atoms with E-state index in [9.17, 15) is 4.79 Å². The van der Waals surface area contributed by atoms with E-state index in [1.807, 2.05) is 18.4 Å². The standard InChI is InChI=1S/C16H20N6O2S/c1-8(2)22-7-18-21-11(22)6-17-14-12-9(3)13(16(23)24-5)25-15(12)20-10(4)19-14/h7-8H,6H2,1-5H3,(H,17,19,20). The number of hydrogen-bond acceptors (Lipinski definition) is 8. The summed E-state index contributed by atoms with van der Waals surface area (Å²) in [6.07, 6.45) is 1.72. The fraction of sp³-hybridized carbons (Fsp3) is 0.438. The molecule has 0 fully saturated rings. The van der Waals surface area contributed by atoms with Gasteiger partial charge in [0.25, 0.3) is 0 Å². The molecule has 8 nitrogen and oxygen atoms in total. The summed E-state index contributed by atoms with van der Waals surface area (Å²) in [5.74, 6) is 1.78. The summed E-state index contributed by atoms with van der Waals surface area (Å²) in [6, 6.07) is 0.271. The van der Waals surface area contributed by atoms with Gasteiger partial charge in [0.2, 0.25) is 0 Å². The molecule has 0 radical (unpaired) electrons. The zero-order valence-corrected chi connectivity index (χ0v) is 15.6. The van der Waals surface area contributed by atoms with Crippen LogP contribution in [0.25, 0.3) is 10.2 Å². The average Bonchev–Trinajstić information content (AvgIpc) is 3.16. The zero-order valence-electron chi connectivity index (χ0n) is 14.8. The molecule has 132 valence electrons. The third kappa shape index (κ3) is 3.19. The Labute approximate surface area is 149 Å². The van der Waals surface area contributed by atoms with E-state index in [0.717, 1.165) is 21.6 Å². The molecule has 0 aliphatic carbocycles. The molecular weight excluding hydrogens is 340 g/mol. The largest absolute Gasteiger partial charge is 0.465 e. The second-order valence-electron chi connectivity index (χ2n) is 5.95. The minimum absolute atomic E-state index is 0.271. The summed E-state index contributed by atoms with van der Waals surface area (Å²) in [4.78, 5) is 22.2. The molecule has 0 saturated heterocycles. The second-order valence-corrected chi connectivity index (χ2v) is 6.95. The van der Waals surface area contributed by atoms with Crippen LogP contribution >= 0.6 is 11.3 Å². The molecule has 0 unspecified atom stereocenters. The van der Waals surface area contributed by atoms with Gasteiger partial charge in [-0.2, -0.15) is 0 Å². The van der Waals surface area contributed by atoms with Crippen LogP contribution < -0.4 is 5.32 Å². The number of aryl methyl sites for hydroxylation is 2. The van der Waals surface area contributed by atoms with E-state index in [2.05, 4.69) is 39.3 Å². The molecule has 0 saturated carbocycles. The number of fused-ring (bicyclic) bond motifs is 1. The monoisotopic (exact) mass is 360 g/mol. The first kappa shape index (κ1) is 17.3. The lowest BCUT2D eigenvalue weighted by atomic mass is 10.2. The smallest absolute Gasteiger partial charge is 0.348 e. The van der Waals surface area contributed by atoms with Crippen LogP contribution in [0, 0.1) is 13.8 Å². The molecule has 3 aromatic rings. The minimum Gasteiger partial charge on any atom is -0.465 e. The lowest BCUT2D eigenvalue weighted by Gasteiger charge is -2.12. The number of carbonyl (C=O) groups is 1. The van der Waals surface area contributed by atoms with E-state index >= 15 is 0 Å². The Morgan fingerprint density at radius 3 is 2.80 bits per heavy atom. The van der Waals surface area contributed by atoms with Crippen LogP contribution in [0.4, 0.5) is 5.82 Å². The Balaban J connectivity index is 1.99. The summed E-state index contributed by atoms with van der Waals surface area (Å²) < 4.78 is 6.86. The summed E-state index contributed by atoms with van der Waals surface area (Å²) in [5.41, 5.74) is 0.819. The number of methoxy groups -OCH3 is 1. The van der Waals surface area contributed by atoms with E-state index in [4.69, 9.17) is 4.74 Å². The Morgan fingerprint density at radius 2 is 2.12 bits per heavy atom. The molecule has 1 N–H and O–H groups in total. The zero-order chi connectivity index (χ0) is 18.1. The van der Waals surface area contributed by atoms with Crippen molar-refractivity contribution in [3.8, 4) is 0 Å². The average molecular weight is 360 g/mol. The normalized spacial score (nSPS) is 11.3. The van der Waals surface area contributed by atoms with Crippen LogP contribution in [0.1, 0.15) is 46.8 Å². The quantitative estimate of drug-likeness (QED) is 0.699. The van der Waals surface area contributed by atoms with E-state index in [1.165, 1.54) is 18.4 Å². The van der Waals surface area contributed by atoms with Crippen molar-refractivity contribution in [2.24, 2.45) is 0 Å². The van der Waals surface area contributed by atoms with Gasteiger partial charge >= 0.3 is 5.97 Å². The highest BCUT2D eigenvalue weighted by Gasteiger charge is 2.20. The van der Waals surface area contributed by atoms with Crippen molar-refractivity contribution in [3.05, 3.63) is 28.4 Å². The molecule has 0 aliphatic heterocycles. The number of ether oxygens (including phenoxy) is 1. The summed E-state index contributed by atoms with van der Waals surface area (Å²) in [7, 11) is 1.38. The maximum absolute atomic E-state index is 12.0. The highest BCUT2D eigenvalue weighted by atomic mass is 32.1. The van der Waals surface area contributed by atoms with E-state index in [-0.39, 0.29) is 12.0 Å². The van der Waals surface area contributed by atoms with Crippen LogP contribution in [-0.2, 0) is 11.3 Å². The van der Waals surface area contributed by atoms with Gasteiger partial charge < -0.3 is 14.6 Å². The molecule has 9 heteroatoms. The predicted octanol–water partition coefficient (Wildman–Crippen LogP) is 2.88. The van der Waals surface area contributed by atoms with Crippen molar-refractivity contribution in [3.63, 3.8) is 0 Å². The second kappa shape index (κ2) is 6.75. The van der Waals surface area contributed by atoms with Crippen LogP contribution in [0.5, 0.6) is 0 Å². The summed E-state index contributed by atoms with van der Waals surface area (Å²) >= 11 is 1.32. The molecule has 3 aromatic heterocycles. The molecule has 0 spiro atoms. The van der Waals surface area contributed by atoms with Gasteiger partial charge in [-0.3, -0.25) is 0 Å². The van der Waals surface area contributed by atoms with Gasteiger partial charge in [-0.1, -0.05) is 0 Å². The van der Waals surface area contributed by atoms with Crippen LogP contribution in [0.3, 0.4) is 0 Å². The molecule has 0 aliphatic rings. The van der Waals surface area contributed by atoms with Crippen LogP contribution in [-0.4, -0.2) is 37.8 Å². The highest BCUT2D eigenvalue weighted by Crippen LogP contribution is 2.34. The number of thiophene rings is 1. The molecule has 3 heterocycles. The predicted molar refractivity (Wildman–Crippen MR) is 96.0 cm³/mol. The molecule has 0 aromatic carbocycles. The van der Waals surface area contributed by atoms with Gasteiger partial charge in [-0.05, 0) is 33.3 Å². The van der Waals surface area contributed by atoms with Crippen LogP contribution in [0.2, 0.25) is 0 Å². The Morgan fingerprint density at radius 1 is 1.36 bits per heavy atom. The van der Waals surface area contributed by atoms with E-state index < -0.39 is 0 Å². The fourth-order valence-corrected chi connectivity index (χ4v) is 3.79.